The van der Waals surface area contributed by atoms with Gasteiger partial charge >= 0.3 is 0 Å². The van der Waals surface area contributed by atoms with Crippen LogP contribution in [0.15, 0.2) is 27.1 Å². The summed E-state index contributed by atoms with van der Waals surface area (Å²) in [6.07, 6.45) is 2.21. The van der Waals surface area contributed by atoms with Crippen LogP contribution in [0.2, 0.25) is 18.6 Å². The van der Waals surface area contributed by atoms with Gasteiger partial charge in [-0.3, -0.25) is 9.79 Å². The maximum atomic E-state index is 11.9. The molecule has 0 aromatic heterocycles. The van der Waals surface area contributed by atoms with Crippen LogP contribution in [0.3, 0.4) is 0 Å². The fraction of sp³-hybridized carbons (Fsp3) is 0.571. The molecule has 1 aliphatic carbocycles. The maximum absolute atomic E-state index is 11.9. The number of carbonyl (C=O) groups is 1. The van der Waals surface area contributed by atoms with Crippen LogP contribution in [-0.2, 0) is 4.79 Å². The second-order valence-electron chi connectivity index (χ2n) is 6.73. The molecule has 3 rings (SSSR count). The third-order valence-electron chi connectivity index (χ3n) is 4.84. The Balaban J connectivity index is 1.91. The molecule has 0 saturated heterocycles. The van der Waals surface area contributed by atoms with Gasteiger partial charge in [-0.15, -0.1) is 0 Å². The number of aliphatic imine (C=N–C) groups is 3. The molecule has 1 unspecified atom stereocenters. The minimum Gasteiger partial charge on any atom is -0.432 e. The van der Waals surface area contributed by atoms with E-state index >= 15 is 0 Å². The third-order valence-corrected chi connectivity index (χ3v) is 7.30. The first kappa shape index (κ1) is 16.0. The molecule has 23 heavy (non-hydrogen) atoms. The predicted octanol–water partition coefficient (Wildman–Crippen LogP) is -0.543. The van der Waals surface area contributed by atoms with Crippen LogP contribution < -0.4 is 5.73 Å². The molecule has 8 nitrogen and oxygen atoms in total. The molecule has 0 spiro atoms. The van der Waals surface area contributed by atoms with E-state index in [1.165, 1.54) is 0 Å². The quantitative estimate of drug-likeness (QED) is 0.472. The van der Waals surface area contributed by atoms with Crippen LogP contribution in [0.4, 0.5) is 0 Å². The van der Waals surface area contributed by atoms with Crippen molar-refractivity contribution in [1.29, 1.82) is 0 Å². The summed E-state index contributed by atoms with van der Waals surface area (Å²) in [6, 6.07) is -0.914. The van der Waals surface area contributed by atoms with Crippen molar-refractivity contribution >= 4 is 32.4 Å². The van der Waals surface area contributed by atoms with E-state index in [2.05, 4.69) is 21.6 Å². The first-order chi connectivity index (χ1) is 10.7. The largest absolute Gasteiger partial charge is 0.432 e. The van der Waals surface area contributed by atoms with E-state index in [4.69, 9.17) is 5.73 Å². The lowest BCUT2D eigenvalue weighted by atomic mass is 10.0. The fourth-order valence-corrected chi connectivity index (χ4v) is 5.74. The van der Waals surface area contributed by atoms with Crippen molar-refractivity contribution < 1.29 is 14.7 Å². The van der Waals surface area contributed by atoms with Gasteiger partial charge in [-0.05, 0) is 30.6 Å². The Kier molecular flexibility index (Phi) is 3.73. The number of guanidine groups is 1. The van der Waals surface area contributed by atoms with Crippen LogP contribution in [0, 0.1) is 5.92 Å². The summed E-state index contributed by atoms with van der Waals surface area (Å²) in [5.41, 5.74) is 6.41. The number of nitrogens with zero attached hydrogens (tertiary/aromatic N) is 4. The highest BCUT2D eigenvalue weighted by molar-refractivity contribution is 6.71. The molecule has 124 valence electrons. The normalized spacial score (nSPS) is 33.8. The van der Waals surface area contributed by atoms with Crippen LogP contribution in [0.25, 0.3) is 0 Å². The Morgan fingerprint density at radius 1 is 1.48 bits per heavy atom. The van der Waals surface area contributed by atoms with Crippen molar-refractivity contribution in [2.45, 2.75) is 37.1 Å². The van der Waals surface area contributed by atoms with Crippen LogP contribution in [0.1, 0.15) is 6.42 Å². The van der Waals surface area contributed by atoms with Crippen molar-refractivity contribution in [2.24, 2.45) is 26.6 Å². The summed E-state index contributed by atoms with van der Waals surface area (Å²) in [5.74, 6) is -0.220. The second kappa shape index (κ2) is 5.36. The summed E-state index contributed by atoms with van der Waals surface area (Å²) < 4.78 is 0. The van der Waals surface area contributed by atoms with Gasteiger partial charge in [-0.2, -0.15) is 9.98 Å². The van der Waals surface area contributed by atoms with Gasteiger partial charge in [-0.1, -0.05) is 6.58 Å². The maximum Gasteiger partial charge on any atom is 0.281 e. The van der Waals surface area contributed by atoms with Crippen LogP contribution in [0.5, 0.6) is 0 Å². The van der Waals surface area contributed by atoms with Crippen molar-refractivity contribution in [3.05, 3.63) is 12.2 Å². The SMILES string of the molecule is C=C1[C@H](CO)[C@@H]([Si](C)(C)O)C[C@@H]1N1C=NC2C(=O)N=C(N)N=C21. The molecule has 3 aliphatic rings. The monoisotopic (exact) mass is 335 g/mol. The molecule has 0 radical (unpaired) electrons. The fourth-order valence-electron chi connectivity index (χ4n) is 3.63. The minimum absolute atomic E-state index is 0.0108. The standard InChI is InChI=1S/C14H21N5O3Si/c1-7-8(5-20)10(23(2,3)22)4-9(7)19-6-16-11-12(19)17-14(15)18-13(11)21/h6,8-11,20,22H,1,4-5H2,2-3H3,(H2,15,18,21)/t8-,9-,10-,11?/m0/s1. The zero-order valence-corrected chi connectivity index (χ0v) is 14.2. The average Bonchev–Trinajstić information content (AvgIpc) is 2.99. The molecule has 1 fully saturated rings. The number of hydrogen-bond acceptors (Lipinski definition) is 7. The lowest BCUT2D eigenvalue weighted by molar-refractivity contribution is -0.117. The number of fused-ring (bicyclic) bond motifs is 1. The van der Waals surface area contributed by atoms with Gasteiger partial charge < -0.3 is 20.5 Å². The van der Waals surface area contributed by atoms with Gasteiger partial charge in [0, 0.05) is 12.5 Å². The van der Waals surface area contributed by atoms with Crippen molar-refractivity contribution in [3.8, 4) is 0 Å². The van der Waals surface area contributed by atoms with Gasteiger partial charge in [-0.25, -0.2) is 0 Å². The van der Waals surface area contributed by atoms with E-state index in [1.54, 1.807) is 11.2 Å². The van der Waals surface area contributed by atoms with E-state index in [9.17, 15) is 14.7 Å². The smallest absolute Gasteiger partial charge is 0.281 e. The first-order valence-electron chi connectivity index (χ1n) is 7.54. The Morgan fingerprint density at radius 3 is 2.74 bits per heavy atom. The summed E-state index contributed by atoms with van der Waals surface area (Å²) in [7, 11) is -2.46. The van der Waals surface area contributed by atoms with Crippen molar-refractivity contribution in [3.63, 3.8) is 0 Å². The number of aliphatic hydroxyl groups excluding tert-OH is 1. The number of amidine groups is 1. The summed E-state index contributed by atoms with van der Waals surface area (Å²) in [5, 5.41) is 9.72. The van der Waals surface area contributed by atoms with E-state index in [0.29, 0.717) is 12.3 Å². The van der Waals surface area contributed by atoms with E-state index in [0.717, 1.165) is 5.57 Å². The van der Waals surface area contributed by atoms with Gasteiger partial charge in [0.2, 0.25) is 5.96 Å². The molecular weight excluding hydrogens is 314 g/mol. The molecular formula is C14H21N5O3Si. The van der Waals surface area contributed by atoms with E-state index in [-0.39, 0.29) is 30.1 Å². The van der Waals surface area contributed by atoms with Crippen molar-refractivity contribution in [1.82, 2.24) is 4.90 Å². The molecule has 2 aliphatic heterocycles. The number of aliphatic hydroxyl groups is 1. The van der Waals surface area contributed by atoms with Gasteiger partial charge in [0.25, 0.3) is 5.91 Å². The van der Waals surface area contributed by atoms with Crippen molar-refractivity contribution in [2.75, 3.05) is 6.61 Å². The van der Waals surface area contributed by atoms with Gasteiger partial charge in [0.05, 0.1) is 12.4 Å². The van der Waals surface area contributed by atoms with Crippen LogP contribution >= 0.6 is 0 Å². The summed E-state index contributed by atoms with van der Waals surface area (Å²) >= 11 is 0. The molecule has 4 atom stereocenters. The number of nitrogens with two attached hydrogens (primary N) is 1. The number of amides is 1. The predicted molar refractivity (Wildman–Crippen MR) is 89.8 cm³/mol. The van der Waals surface area contributed by atoms with Crippen LogP contribution in [-0.4, -0.2) is 65.9 Å². The second-order valence-corrected chi connectivity index (χ2v) is 10.8. The molecule has 9 heteroatoms. The molecule has 2 heterocycles. The topological polar surface area (TPSA) is 124 Å². The molecule has 0 aromatic rings. The van der Waals surface area contributed by atoms with Gasteiger partial charge in [0.15, 0.2) is 14.4 Å². The Morgan fingerprint density at radius 2 is 2.17 bits per heavy atom. The first-order valence-corrected chi connectivity index (χ1v) is 10.6. The average molecular weight is 335 g/mol. The Hall–Kier alpha value is -1.84. The molecule has 1 amide bonds. The number of hydrogen-bond donors (Lipinski definition) is 3. The molecule has 0 bridgehead atoms. The van der Waals surface area contributed by atoms with E-state index in [1.807, 2.05) is 13.1 Å². The lowest BCUT2D eigenvalue weighted by Gasteiger charge is -2.28. The zero-order chi connectivity index (χ0) is 16.9. The molecule has 4 N–H and O–H groups in total. The number of carbonyl (C=O) groups excluding carboxylic acids is 1. The van der Waals surface area contributed by atoms with Gasteiger partial charge in [0.1, 0.15) is 5.84 Å². The molecule has 1 saturated carbocycles. The number of rotatable bonds is 3. The summed E-state index contributed by atoms with van der Waals surface area (Å²) in [4.78, 5) is 36.2. The Labute approximate surface area is 135 Å². The Bertz CT molecular complexity index is 651. The summed E-state index contributed by atoms with van der Waals surface area (Å²) in [6.45, 7) is 7.79. The minimum atomic E-state index is -2.46. The molecule has 0 aromatic carbocycles. The third kappa shape index (κ3) is 2.54. The highest BCUT2D eigenvalue weighted by Gasteiger charge is 2.50. The lowest BCUT2D eigenvalue weighted by Crippen LogP contribution is -2.44. The van der Waals surface area contributed by atoms with E-state index < -0.39 is 20.3 Å². The highest BCUT2D eigenvalue weighted by Crippen LogP contribution is 2.47. The highest BCUT2D eigenvalue weighted by atomic mass is 28.4. The zero-order valence-electron chi connectivity index (χ0n) is 13.2.